The SMILES string of the molecule is O=C(O[C@H](Cc1cccc(C(F)(F)F)c1)C(=O)N1CCC(N2CCNCC2)CC1)C1CNCCC1N1CCc2ccccc2NC1=O. The number of amides is 3. The zero-order valence-corrected chi connectivity index (χ0v) is 26.4. The van der Waals surface area contributed by atoms with Crippen LogP contribution in [0.5, 0.6) is 0 Å². The lowest BCUT2D eigenvalue weighted by Crippen LogP contribution is -2.57. The fourth-order valence-electron chi connectivity index (χ4n) is 7.36. The Kier molecular flexibility index (Phi) is 10.3. The number of fused-ring (bicyclic) bond motifs is 1. The molecule has 0 spiro atoms. The zero-order valence-electron chi connectivity index (χ0n) is 26.4. The van der Waals surface area contributed by atoms with Crippen LogP contribution in [0.25, 0.3) is 0 Å². The topological polar surface area (TPSA) is 106 Å². The molecule has 2 aromatic rings. The molecule has 3 N–H and O–H groups in total. The number of urea groups is 1. The minimum Gasteiger partial charge on any atom is -0.452 e. The molecule has 2 unspecified atom stereocenters. The van der Waals surface area contributed by atoms with Gasteiger partial charge in [-0.2, -0.15) is 13.2 Å². The number of hydrogen-bond donors (Lipinski definition) is 3. The van der Waals surface area contributed by atoms with Gasteiger partial charge in [-0.05, 0) is 55.5 Å². The monoisotopic (exact) mass is 656 g/mol. The Balaban J connectivity index is 1.19. The molecule has 4 heterocycles. The van der Waals surface area contributed by atoms with Crippen LogP contribution >= 0.6 is 0 Å². The van der Waals surface area contributed by atoms with Gasteiger partial charge in [0.1, 0.15) is 0 Å². The third-order valence-electron chi connectivity index (χ3n) is 9.94. The van der Waals surface area contributed by atoms with Crippen molar-refractivity contribution in [2.75, 3.05) is 64.2 Å². The number of hydrogen-bond acceptors (Lipinski definition) is 7. The van der Waals surface area contributed by atoms with Crippen LogP contribution in [0.3, 0.4) is 0 Å². The molecule has 3 amide bonds. The fraction of sp³-hybridized carbons (Fsp3) is 0.559. The molecular weight excluding hydrogens is 613 g/mol. The third-order valence-corrected chi connectivity index (χ3v) is 9.94. The second kappa shape index (κ2) is 14.6. The van der Waals surface area contributed by atoms with Gasteiger partial charge in [0.2, 0.25) is 0 Å². The molecule has 4 aliphatic heterocycles. The lowest BCUT2D eigenvalue weighted by molar-refractivity contribution is -0.166. The third kappa shape index (κ3) is 7.90. The Labute approximate surface area is 273 Å². The van der Waals surface area contributed by atoms with Crippen LogP contribution < -0.4 is 16.0 Å². The number of ether oxygens (including phenoxy) is 1. The van der Waals surface area contributed by atoms with Gasteiger partial charge in [-0.15, -0.1) is 0 Å². The summed E-state index contributed by atoms with van der Waals surface area (Å²) in [5, 5.41) is 9.54. The summed E-state index contributed by atoms with van der Waals surface area (Å²) < 4.78 is 46.7. The van der Waals surface area contributed by atoms with E-state index in [2.05, 4.69) is 20.9 Å². The van der Waals surface area contributed by atoms with Crippen molar-refractivity contribution >= 4 is 23.6 Å². The lowest BCUT2D eigenvalue weighted by atomic mass is 9.91. The number of carbonyl (C=O) groups excluding carboxylic acids is 3. The molecule has 4 aliphatic rings. The molecule has 0 radical (unpaired) electrons. The second-order valence-corrected chi connectivity index (χ2v) is 12.9. The highest BCUT2D eigenvalue weighted by Crippen LogP contribution is 2.31. The standard InChI is InChI=1S/C34H43F3N6O4/c35-34(36,37)25-6-3-4-23(20-25)21-30(31(44)42-15-10-26(11-16-42)41-18-13-38-14-19-41)47-32(45)27-22-39-12-8-29(27)43-17-9-24-5-1-2-7-28(24)40-33(43)46/h1-7,20,26-27,29-30,38-39H,8-19,21-22H2,(H,40,46)/t27?,29?,30-/m1/s1. The zero-order chi connectivity index (χ0) is 33.0. The molecule has 0 aliphatic carbocycles. The molecule has 0 aromatic heterocycles. The van der Waals surface area contributed by atoms with Crippen LogP contribution in [0.15, 0.2) is 48.5 Å². The largest absolute Gasteiger partial charge is 0.452 e. The molecular formula is C34H43F3N6O4. The van der Waals surface area contributed by atoms with Crippen LogP contribution in [0.1, 0.15) is 36.0 Å². The summed E-state index contributed by atoms with van der Waals surface area (Å²) in [6.45, 7) is 5.97. The van der Waals surface area contributed by atoms with Crippen molar-refractivity contribution in [1.29, 1.82) is 0 Å². The normalized spacial score (nSPS) is 23.8. The van der Waals surface area contributed by atoms with Gasteiger partial charge in [-0.3, -0.25) is 14.5 Å². The first-order chi connectivity index (χ1) is 22.7. The Morgan fingerprint density at radius 2 is 1.68 bits per heavy atom. The highest BCUT2D eigenvalue weighted by molar-refractivity contribution is 5.92. The highest BCUT2D eigenvalue weighted by atomic mass is 19.4. The Hall–Kier alpha value is -3.68. The van der Waals surface area contributed by atoms with E-state index in [0.29, 0.717) is 45.1 Å². The number of nitrogens with one attached hydrogen (secondary N) is 3. The van der Waals surface area contributed by atoms with Crippen molar-refractivity contribution in [2.24, 2.45) is 5.92 Å². The van der Waals surface area contributed by atoms with Gasteiger partial charge in [-0.1, -0.05) is 36.4 Å². The number of carbonyl (C=O) groups is 3. The minimum atomic E-state index is -4.55. The number of piperidine rings is 2. The van der Waals surface area contributed by atoms with Gasteiger partial charge in [0.25, 0.3) is 5.91 Å². The van der Waals surface area contributed by atoms with Crippen LogP contribution in [-0.4, -0.2) is 110 Å². The van der Waals surface area contributed by atoms with Gasteiger partial charge in [-0.25, -0.2) is 4.79 Å². The molecule has 0 saturated carbocycles. The lowest BCUT2D eigenvalue weighted by Gasteiger charge is -2.41. The van der Waals surface area contributed by atoms with Gasteiger partial charge in [0.05, 0.1) is 11.5 Å². The summed E-state index contributed by atoms with van der Waals surface area (Å²) in [6, 6.07) is 12.0. The smallest absolute Gasteiger partial charge is 0.416 e. The van der Waals surface area contributed by atoms with Crippen LogP contribution in [0.4, 0.5) is 23.7 Å². The molecule has 3 atom stereocenters. The number of esters is 1. The number of nitrogens with zero attached hydrogens (tertiary/aromatic N) is 3. The van der Waals surface area contributed by atoms with E-state index >= 15 is 0 Å². The van der Waals surface area contributed by atoms with E-state index in [9.17, 15) is 27.6 Å². The van der Waals surface area contributed by atoms with Crippen molar-refractivity contribution in [3.8, 4) is 0 Å². The number of piperazine rings is 1. The number of benzene rings is 2. The molecule has 2 aromatic carbocycles. The quantitative estimate of drug-likeness (QED) is 0.394. The molecule has 254 valence electrons. The molecule has 6 rings (SSSR count). The summed E-state index contributed by atoms with van der Waals surface area (Å²) in [6.07, 6.45) is -3.36. The minimum absolute atomic E-state index is 0.184. The van der Waals surface area contributed by atoms with Crippen molar-refractivity contribution in [3.63, 3.8) is 0 Å². The van der Waals surface area contributed by atoms with Crippen molar-refractivity contribution < 1.29 is 32.3 Å². The second-order valence-electron chi connectivity index (χ2n) is 12.9. The fourth-order valence-corrected chi connectivity index (χ4v) is 7.36. The van der Waals surface area contributed by atoms with Gasteiger partial charge >= 0.3 is 18.2 Å². The predicted molar refractivity (Wildman–Crippen MR) is 170 cm³/mol. The maximum atomic E-state index is 14.0. The number of likely N-dealkylation sites (tertiary alicyclic amines) is 1. The van der Waals surface area contributed by atoms with Crippen molar-refractivity contribution in [3.05, 3.63) is 65.2 Å². The Morgan fingerprint density at radius 3 is 2.45 bits per heavy atom. The van der Waals surface area contributed by atoms with Crippen molar-refractivity contribution in [1.82, 2.24) is 25.3 Å². The Morgan fingerprint density at radius 1 is 0.915 bits per heavy atom. The molecule has 13 heteroatoms. The highest BCUT2D eigenvalue weighted by Gasteiger charge is 2.41. The van der Waals surface area contributed by atoms with E-state index < -0.39 is 41.7 Å². The maximum Gasteiger partial charge on any atom is 0.416 e. The van der Waals surface area contributed by atoms with Gasteiger partial charge in [0, 0.05) is 76.5 Å². The number of anilines is 1. The van der Waals surface area contributed by atoms with E-state index in [1.165, 1.54) is 12.1 Å². The van der Waals surface area contributed by atoms with Gasteiger partial charge < -0.3 is 30.5 Å². The molecule has 0 bridgehead atoms. The maximum absolute atomic E-state index is 14.0. The summed E-state index contributed by atoms with van der Waals surface area (Å²) in [4.78, 5) is 47.1. The van der Waals surface area contributed by atoms with E-state index in [4.69, 9.17) is 4.74 Å². The van der Waals surface area contributed by atoms with Gasteiger partial charge in [0.15, 0.2) is 6.10 Å². The first-order valence-corrected chi connectivity index (χ1v) is 16.6. The average Bonchev–Trinajstić information content (AvgIpc) is 3.25. The van der Waals surface area contributed by atoms with Crippen LogP contribution in [0, 0.1) is 5.92 Å². The van der Waals surface area contributed by atoms with Crippen molar-refractivity contribution in [2.45, 2.75) is 56.5 Å². The molecule has 3 saturated heterocycles. The first kappa shape index (κ1) is 33.2. The molecule has 10 nitrogen and oxygen atoms in total. The van der Waals surface area contributed by atoms with E-state index in [-0.39, 0.29) is 24.6 Å². The summed E-state index contributed by atoms with van der Waals surface area (Å²) >= 11 is 0. The Bertz CT molecular complexity index is 1430. The first-order valence-electron chi connectivity index (χ1n) is 16.6. The van der Waals surface area contributed by atoms with Crippen LogP contribution in [-0.2, 0) is 33.3 Å². The molecule has 47 heavy (non-hydrogen) atoms. The van der Waals surface area contributed by atoms with E-state index in [1.54, 1.807) is 9.80 Å². The summed E-state index contributed by atoms with van der Waals surface area (Å²) in [5.41, 5.74) is 1.17. The summed E-state index contributed by atoms with van der Waals surface area (Å²) in [5.74, 6) is -1.80. The number of alkyl halides is 3. The summed E-state index contributed by atoms with van der Waals surface area (Å²) in [7, 11) is 0. The number of halogens is 3. The number of para-hydroxylation sites is 1. The van der Waals surface area contributed by atoms with E-state index in [1.807, 2.05) is 24.3 Å². The average molecular weight is 657 g/mol. The van der Waals surface area contributed by atoms with E-state index in [0.717, 1.165) is 62.4 Å². The predicted octanol–water partition coefficient (Wildman–Crippen LogP) is 3.12. The number of rotatable bonds is 7. The van der Waals surface area contributed by atoms with Crippen LogP contribution in [0.2, 0.25) is 0 Å². The molecule has 3 fully saturated rings.